The van der Waals surface area contributed by atoms with E-state index in [0.29, 0.717) is 5.69 Å². The number of thiazole rings is 1. The highest BCUT2D eigenvalue weighted by Gasteiger charge is 2.10. The van der Waals surface area contributed by atoms with Crippen LogP contribution in [-0.2, 0) is 9.53 Å². The standard InChI is InChI=1S/C12H8N2O2S2/c1-16-12(15)8(6-13)5-9-7-18-11(14-9)10-3-2-4-17-10/h2-5,7H,1H3/b8-5+. The smallest absolute Gasteiger partial charge is 0.348 e. The predicted octanol–water partition coefficient (Wildman–Crippen LogP) is 2.95. The minimum atomic E-state index is -0.650. The molecule has 0 aromatic carbocycles. The van der Waals surface area contributed by atoms with E-state index < -0.39 is 5.97 Å². The van der Waals surface area contributed by atoms with Crippen LogP contribution in [0.3, 0.4) is 0 Å². The minimum absolute atomic E-state index is 0.0551. The molecule has 0 saturated heterocycles. The number of thiophene rings is 1. The van der Waals surface area contributed by atoms with Crippen LogP contribution in [0.4, 0.5) is 0 Å². The molecule has 0 unspecified atom stereocenters. The van der Waals surface area contributed by atoms with Crippen LogP contribution >= 0.6 is 22.7 Å². The molecule has 4 nitrogen and oxygen atoms in total. The van der Waals surface area contributed by atoms with Gasteiger partial charge in [-0.05, 0) is 17.5 Å². The van der Waals surface area contributed by atoms with E-state index in [-0.39, 0.29) is 5.57 Å². The third kappa shape index (κ3) is 2.64. The molecule has 0 aliphatic rings. The average molecular weight is 276 g/mol. The van der Waals surface area contributed by atoms with Gasteiger partial charge >= 0.3 is 5.97 Å². The van der Waals surface area contributed by atoms with Gasteiger partial charge in [-0.15, -0.1) is 22.7 Å². The normalized spacial score (nSPS) is 11.0. The number of hydrogen-bond acceptors (Lipinski definition) is 6. The van der Waals surface area contributed by atoms with E-state index in [1.807, 2.05) is 17.5 Å². The van der Waals surface area contributed by atoms with E-state index in [4.69, 9.17) is 5.26 Å². The highest BCUT2D eigenvalue weighted by molar-refractivity contribution is 7.20. The molecule has 0 spiro atoms. The number of nitrogens with zero attached hydrogens (tertiary/aromatic N) is 2. The molecule has 0 aliphatic carbocycles. The lowest BCUT2D eigenvalue weighted by atomic mass is 10.2. The molecule has 0 N–H and O–H groups in total. The van der Waals surface area contributed by atoms with E-state index in [1.165, 1.54) is 24.5 Å². The van der Waals surface area contributed by atoms with Crippen molar-refractivity contribution in [2.24, 2.45) is 0 Å². The topological polar surface area (TPSA) is 63.0 Å². The fourth-order valence-electron chi connectivity index (χ4n) is 1.26. The Hall–Kier alpha value is -1.97. The fourth-order valence-corrected chi connectivity index (χ4v) is 2.85. The molecule has 90 valence electrons. The highest BCUT2D eigenvalue weighted by Crippen LogP contribution is 2.28. The second kappa shape index (κ2) is 5.58. The monoisotopic (exact) mass is 276 g/mol. The Morgan fingerprint density at radius 1 is 1.56 bits per heavy atom. The van der Waals surface area contributed by atoms with Crippen molar-refractivity contribution in [1.82, 2.24) is 4.98 Å². The lowest BCUT2D eigenvalue weighted by Crippen LogP contribution is -2.02. The van der Waals surface area contributed by atoms with Gasteiger partial charge in [-0.3, -0.25) is 0 Å². The van der Waals surface area contributed by atoms with Crippen LogP contribution in [0.25, 0.3) is 16.0 Å². The van der Waals surface area contributed by atoms with Crippen LogP contribution in [0.5, 0.6) is 0 Å². The van der Waals surface area contributed by atoms with E-state index in [2.05, 4.69) is 9.72 Å². The summed E-state index contributed by atoms with van der Waals surface area (Å²) in [6.45, 7) is 0. The zero-order valence-electron chi connectivity index (χ0n) is 9.41. The summed E-state index contributed by atoms with van der Waals surface area (Å²) in [6, 6.07) is 5.72. The number of methoxy groups -OCH3 is 1. The lowest BCUT2D eigenvalue weighted by molar-refractivity contribution is -0.135. The SMILES string of the molecule is COC(=O)/C(C#N)=C/c1csc(-c2cccs2)n1. The average Bonchev–Trinajstić information content (AvgIpc) is 3.05. The highest BCUT2D eigenvalue weighted by atomic mass is 32.1. The second-order valence-electron chi connectivity index (χ2n) is 3.22. The van der Waals surface area contributed by atoms with Gasteiger partial charge in [0.15, 0.2) is 0 Å². The third-order valence-corrected chi connectivity index (χ3v) is 3.97. The van der Waals surface area contributed by atoms with Gasteiger partial charge < -0.3 is 4.74 Å². The van der Waals surface area contributed by atoms with Crippen molar-refractivity contribution in [1.29, 1.82) is 5.26 Å². The van der Waals surface area contributed by atoms with Crippen LogP contribution in [0.2, 0.25) is 0 Å². The first-order valence-electron chi connectivity index (χ1n) is 4.94. The zero-order valence-corrected chi connectivity index (χ0v) is 11.0. The van der Waals surface area contributed by atoms with Gasteiger partial charge in [0.2, 0.25) is 0 Å². The van der Waals surface area contributed by atoms with E-state index >= 15 is 0 Å². The Kier molecular flexibility index (Phi) is 3.87. The van der Waals surface area contributed by atoms with Crippen LogP contribution < -0.4 is 0 Å². The molecule has 2 rings (SSSR count). The summed E-state index contributed by atoms with van der Waals surface area (Å²) in [5.41, 5.74) is 0.533. The van der Waals surface area contributed by atoms with Crippen LogP contribution in [0.15, 0.2) is 28.5 Å². The summed E-state index contributed by atoms with van der Waals surface area (Å²) in [5, 5.41) is 13.5. The largest absolute Gasteiger partial charge is 0.465 e. The molecule has 0 atom stereocenters. The fraction of sp³-hybridized carbons (Fsp3) is 0.0833. The van der Waals surface area contributed by atoms with Gasteiger partial charge in [-0.25, -0.2) is 9.78 Å². The molecule has 0 amide bonds. The number of nitriles is 1. The molecule has 0 radical (unpaired) electrons. The van der Waals surface area contributed by atoms with Crippen molar-refractivity contribution in [3.05, 3.63) is 34.2 Å². The minimum Gasteiger partial charge on any atom is -0.465 e. The van der Waals surface area contributed by atoms with Gasteiger partial charge in [0, 0.05) is 5.38 Å². The first-order valence-corrected chi connectivity index (χ1v) is 6.70. The molecule has 2 aromatic heterocycles. The summed E-state index contributed by atoms with van der Waals surface area (Å²) >= 11 is 3.07. The summed E-state index contributed by atoms with van der Waals surface area (Å²) in [5.74, 6) is -0.650. The molecule has 18 heavy (non-hydrogen) atoms. The predicted molar refractivity (Wildman–Crippen MR) is 71.0 cm³/mol. The quantitative estimate of drug-likeness (QED) is 0.491. The van der Waals surface area contributed by atoms with Crippen molar-refractivity contribution < 1.29 is 9.53 Å². The van der Waals surface area contributed by atoms with E-state index in [9.17, 15) is 4.79 Å². The lowest BCUT2D eigenvalue weighted by Gasteiger charge is -1.93. The summed E-state index contributed by atoms with van der Waals surface area (Å²) in [6.07, 6.45) is 1.43. The number of aromatic nitrogens is 1. The van der Waals surface area contributed by atoms with Gasteiger partial charge in [0.05, 0.1) is 17.7 Å². The number of carbonyl (C=O) groups excluding carboxylic acids is 1. The maximum atomic E-state index is 11.2. The Bertz CT molecular complexity index is 621. The van der Waals surface area contributed by atoms with Crippen molar-refractivity contribution >= 4 is 34.7 Å². The first-order chi connectivity index (χ1) is 8.74. The molecule has 0 fully saturated rings. The maximum Gasteiger partial charge on any atom is 0.348 e. The van der Waals surface area contributed by atoms with Crippen LogP contribution in [-0.4, -0.2) is 18.1 Å². The third-order valence-electron chi connectivity index (χ3n) is 2.07. The van der Waals surface area contributed by atoms with Crippen molar-refractivity contribution in [3.63, 3.8) is 0 Å². The summed E-state index contributed by atoms with van der Waals surface area (Å²) in [7, 11) is 1.24. The molecule has 0 saturated carbocycles. The Balaban J connectivity index is 2.28. The molecule has 0 bridgehead atoms. The van der Waals surface area contributed by atoms with Crippen LogP contribution in [0, 0.1) is 11.3 Å². The number of ether oxygens (including phenoxy) is 1. The van der Waals surface area contributed by atoms with Gasteiger partial charge in [-0.1, -0.05) is 6.07 Å². The maximum absolute atomic E-state index is 11.2. The van der Waals surface area contributed by atoms with Crippen molar-refractivity contribution in [2.45, 2.75) is 0 Å². The van der Waals surface area contributed by atoms with Gasteiger partial charge in [-0.2, -0.15) is 5.26 Å². The molecule has 0 aliphatic heterocycles. The molecular weight excluding hydrogens is 268 g/mol. The number of carbonyl (C=O) groups is 1. The number of rotatable bonds is 3. The molecule has 2 aromatic rings. The van der Waals surface area contributed by atoms with E-state index in [1.54, 1.807) is 22.8 Å². The summed E-state index contributed by atoms with van der Waals surface area (Å²) in [4.78, 5) is 16.7. The Labute approximate surface area is 112 Å². The van der Waals surface area contributed by atoms with E-state index in [0.717, 1.165) is 9.88 Å². The van der Waals surface area contributed by atoms with Gasteiger partial charge in [0.1, 0.15) is 16.6 Å². The molecule has 6 heteroatoms. The van der Waals surface area contributed by atoms with Crippen LogP contribution in [0.1, 0.15) is 5.69 Å². The van der Waals surface area contributed by atoms with Crippen molar-refractivity contribution in [3.8, 4) is 16.0 Å². The summed E-state index contributed by atoms with van der Waals surface area (Å²) < 4.78 is 4.50. The van der Waals surface area contributed by atoms with Crippen molar-refractivity contribution in [2.75, 3.05) is 7.11 Å². The first kappa shape index (κ1) is 12.5. The molecular formula is C12H8N2O2S2. The number of esters is 1. The second-order valence-corrected chi connectivity index (χ2v) is 5.02. The number of hydrogen-bond donors (Lipinski definition) is 0. The zero-order chi connectivity index (χ0) is 13.0. The Morgan fingerprint density at radius 2 is 2.39 bits per heavy atom. The molecule has 2 heterocycles. The Morgan fingerprint density at radius 3 is 3.00 bits per heavy atom. The van der Waals surface area contributed by atoms with Gasteiger partial charge in [0.25, 0.3) is 0 Å².